The molecule has 31 heavy (non-hydrogen) atoms. The van der Waals surface area contributed by atoms with E-state index in [1.807, 2.05) is 0 Å². The van der Waals surface area contributed by atoms with Crippen molar-refractivity contribution in [2.75, 3.05) is 11.5 Å². The summed E-state index contributed by atoms with van der Waals surface area (Å²) < 4.78 is 5.38. The molecule has 0 bridgehead atoms. The molecule has 1 atom stereocenters. The number of rotatable bonds is 24. The van der Waals surface area contributed by atoms with Gasteiger partial charge in [0.25, 0.3) is 0 Å². The van der Waals surface area contributed by atoms with Crippen LogP contribution in [0.5, 0.6) is 0 Å². The number of carbonyl (C=O) groups is 1. The summed E-state index contributed by atoms with van der Waals surface area (Å²) in [4.78, 5) is 11.3. The third kappa shape index (κ3) is 22.9. The third-order valence-corrected chi connectivity index (χ3v) is 10.3. The Kier molecular flexibility index (Phi) is 23.0. The van der Waals surface area contributed by atoms with Crippen LogP contribution >= 0.6 is 20.3 Å². The molecule has 0 aliphatic carbocycles. The van der Waals surface area contributed by atoms with Gasteiger partial charge in [-0.2, -0.15) is 0 Å². The zero-order valence-corrected chi connectivity index (χ0v) is 22.5. The summed E-state index contributed by atoms with van der Waals surface area (Å²) in [6, 6.07) is 0. The van der Waals surface area contributed by atoms with Gasteiger partial charge in [-0.25, -0.2) is 4.79 Å². The minimum atomic E-state index is -1.91. The van der Waals surface area contributed by atoms with Crippen LogP contribution < -0.4 is 10.9 Å². The first-order valence-electron chi connectivity index (χ1n) is 13.3. The minimum Gasteiger partial charge on any atom is -0.376 e. The lowest BCUT2D eigenvalue weighted by atomic mass is 10.1. The van der Waals surface area contributed by atoms with Crippen LogP contribution in [0, 0.1) is 0 Å². The van der Waals surface area contributed by atoms with Crippen molar-refractivity contribution in [1.82, 2.24) is 0 Å². The predicted octanol–water partition coefficient (Wildman–Crippen LogP) is 9.17. The van der Waals surface area contributed by atoms with E-state index in [1.54, 1.807) is 10.8 Å². The number of unbranched alkanes of at least 4 members (excludes halogenated alkanes) is 18. The maximum absolute atomic E-state index is 11.3. The monoisotopic (exact) mass is 478 g/mol. The Labute approximate surface area is 199 Å². The quantitative estimate of drug-likeness (QED) is 0.107. The maximum Gasteiger partial charge on any atom is 0.416 e. The van der Waals surface area contributed by atoms with Crippen molar-refractivity contribution in [1.29, 1.82) is 0 Å². The Bertz CT molecular complexity index is 400. The SMILES string of the molecule is CCCCCCCCCCCCSS(N)(CCCCCCCCCCCC)OC(N)=O. The number of hydrogen-bond donors (Lipinski definition) is 2. The zero-order chi connectivity index (χ0) is 23.0. The predicted molar refractivity (Wildman–Crippen MR) is 143 cm³/mol. The second-order valence-electron chi connectivity index (χ2n) is 8.96. The first kappa shape index (κ1) is 30.9. The molecule has 0 aliphatic rings. The molecular formula is C25H54N2O2S2. The van der Waals surface area contributed by atoms with Gasteiger partial charge in [0, 0.05) is 21.0 Å². The van der Waals surface area contributed by atoms with Crippen molar-refractivity contribution in [3.8, 4) is 0 Å². The van der Waals surface area contributed by atoms with Gasteiger partial charge < -0.3 is 9.92 Å². The first-order valence-corrected chi connectivity index (χ1v) is 16.6. The Morgan fingerprint density at radius 3 is 1.39 bits per heavy atom. The van der Waals surface area contributed by atoms with Gasteiger partial charge >= 0.3 is 6.09 Å². The molecule has 1 unspecified atom stereocenters. The highest BCUT2D eigenvalue weighted by atomic mass is 33.2. The number of nitrogens with two attached hydrogens (primary N) is 2. The molecule has 0 radical (unpaired) electrons. The summed E-state index contributed by atoms with van der Waals surface area (Å²) in [5.74, 6) is 1.74. The molecule has 1 amide bonds. The summed E-state index contributed by atoms with van der Waals surface area (Å²) in [6.45, 7) is 4.53. The molecule has 4 N–H and O–H groups in total. The largest absolute Gasteiger partial charge is 0.416 e. The highest BCUT2D eigenvalue weighted by molar-refractivity contribution is 8.91. The topological polar surface area (TPSA) is 78.3 Å². The van der Waals surface area contributed by atoms with Gasteiger partial charge in [0.1, 0.15) is 0 Å². The summed E-state index contributed by atoms with van der Waals surface area (Å²) in [5.41, 5.74) is 5.29. The van der Waals surface area contributed by atoms with Crippen LogP contribution in [0.1, 0.15) is 142 Å². The van der Waals surface area contributed by atoms with Crippen molar-refractivity contribution in [2.24, 2.45) is 10.9 Å². The molecule has 0 fully saturated rings. The van der Waals surface area contributed by atoms with Crippen molar-refractivity contribution in [2.45, 2.75) is 142 Å². The standard InChI is InChI=1S/C25H54N2O2S2/c1-3-5-7-9-11-13-15-17-19-21-23-30-31(27,29-25(26)28)24-22-20-18-16-14-12-10-8-6-4-2/h3-24,27H2,1-2H3,(H2,26,28). The van der Waals surface area contributed by atoms with Gasteiger partial charge in [0.15, 0.2) is 0 Å². The fourth-order valence-corrected chi connectivity index (χ4v) is 7.83. The molecular weight excluding hydrogens is 424 g/mol. The van der Waals surface area contributed by atoms with Crippen LogP contribution in [0.3, 0.4) is 0 Å². The van der Waals surface area contributed by atoms with Crippen molar-refractivity contribution < 1.29 is 8.98 Å². The highest BCUT2D eigenvalue weighted by Gasteiger charge is 2.23. The molecule has 0 aliphatic heterocycles. The molecule has 0 aromatic heterocycles. The molecule has 0 saturated carbocycles. The maximum atomic E-state index is 11.3. The van der Waals surface area contributed by atoms with Gasteiger partial charge in [0.2, 0.25) is 0 Å². The molecule has 0 saturated heterocycles. The second kappa shape index (κ2) is 23.1. The van der Waals surface area contributed by atoms with Gasteiger partial charge in [-0.15, -0.1) is 0 Å². The van der Waals surface area contributed by atoms with E-state index in [0.717, 1.165) is 24.3 Å². The minimum absolute atomic E-state index is 0.722. The van der Waals surface area contributed by atoms with E-state index in [4.69, 9.17) is 15.1 Å². The third-order valence-electron chi connectivity index (χ3n) is 5.79. The lowest BCUT2D eigenvalue weighted by molar-refractivity contribution is 0.217. The zero-order valence-electron chi connectivity index (χ0n) is 20.8. The summed E-state index contributed by atoms with van der Waals surface area (Å²) in [6.07, 6.45) is 25.5. The normalized spacial score (nSPS) is 14.3. The Balaban J connectivity index is 3.74. The first-order chi connectivity index (χ1) is 15.0. The molecule has 0 rings (SSSR count). The van der Waals surface area contributed by atoms with Crippen LogP contribution in [-0.2, 0) is 4.18 Å². The second-order valence-corrected chi connectivity index (χ2v) is 13.9. The van der Waals surface area contributed by atoms with Gasteiger partial charge in [0.05, 0.1) is 0 Å². The molecule has 0 aromatic rings. The van der Waals surface area contributed by atoms with E-state index < -0.39 is 15.6 Å². The van der Waals surface area contributed by atoms with E-state index in [0.29, 0.717) is 0 Å². The van der Waals surface area contributed by atoms with Crippen LogP contribution in [0.4, 0.5) is 4.79 Å². The van der Waals surface area contributed by atoms with Crippen LogP contribution in [-0.4, -0.2) is 17.6 Å². The van der Waals surface area contributed by atoms with Crippen molar-refractivity contribution in [3.05, 3.63) is 0 Å². The number of amides is 1. The molecule has 188 valence electrons. The summed E-state index contributed by atoms with van der Waals surface area (Å²) in [5, 5.41) is 6.45. The Morgan fingerprint density at radius 1 is 0.645 bits per heavy atom. The molecule has 6 heteroatoms. The Morgan fingerprint density at radius 2 is 1.00 bits per heavy atom. The van der Waals surface area contributed by atoms with Gasteiger partial charge in [-0.3, -0.25) is 5.14 Å². The highest BCUT2D eigenvalue weighted by Crippen LogP contribution is 2.55. The van der Waals surface area contributed by atoms with Gasteiger partial charge in [-0.05, 0) is 12.8 Å². The molecule has 0 aromatic carbocycles. The number of carbonyl (C=O) groups excluding carboxylic acids is 1. The van der Waals surface area contributed by atoms with Gasteiger partial charge in [-0.1, -0.05) is 140 Å². The average Bonchev–Trinajstić information content (AvgIpc) is 2.73. The average molecular weight is 479 g/mol. The van der Waals surface area contributed by atoms with Crippen LogP contribution in [0.25, 0.3) is 0 Å². The molecule has 0 spiro atoms. The van der Waals surface area contributed by atoms with E-state index in [2.05, 4.69) is 13.8 Å². The number of hydrogen-bond acceptors (Lipinski definition) is 4. The fraction of sp³-hybridized carbons (Fsp3) is 0.960. The summed E-state index contributed by atoms with van der Waals surface area (Å²) in [7, 11) is -0.267. The molecule has 0 heterocycles. The van der Waals surface area contributed by atoms with E-state index in [9.17, 15) is 4.79 Å². The smallest absolute Gasteiger partial charge is 0.376 e. The summed E-state index contributed by atoms with van der Waals surface area (Å²) >= 11 is 0. The van der Waals surface area contributed by atoms with Crippen molar-refractivity contribution in [3.63, 3.8) is 0 Å². The van der Waals surface area contributed by atoms with Crippen LogP contribution in [0.15, 0.2) is 0 Å². The van der Waals surface area contributed by atoms with E-state index in [-0.39, 0.29) is 0 Å². The van der Waals surface area contributed by atoms with Crippen LogP contribution in [0.2, 0.25) is 0 Å². The van der Waals surface area contributed by atoms with E-state index in [1.165, 1.54) is 116 Å². The lowest BCUT2D eigenvalue weighted by Gasteiger charge is -2.32. The number of primary amides is 1. The lowest BCUT2D eigenvalue weighted by Crippen LogP contribution is -2.23. The Hall–Kier alpha value is -0.0700. The molecule has 4 nitrogen and oxygen atoms in total. The van der Waals surface area contributed by atoms with E-state index >= 15 is 0 Å². The fourth-order valence-electron chi connectivity index (χ4n) is 3.84. The van der Waals surface area contributed by atoms with Crippen molar-refractivity contribution >= 4 is 26.4 Å².